The molecule has 5 fully saturated rings. The zero-order valence-corrected chi connectivity index (χ0v) is 22.3. The van der Waals surface area contributed by atoms with Crippen LogP contribution in [0.1, 0.15) is 128 Å². The third kappa shape index (κ3) is 6.63. The molecular formula is C29H49B2NO3. The van der Waals surface area contributed by atoms with Gasteiger partial charge in [-0.2, -0.15) is 0 Å². The predicted octanol–water partition coefficient (Wildman–Crippen LogP) is 8.66. The number of cyclic esters (lactones) is 1. The summed E-state index contributed by atoms with van der Waals surface area (Å²) in [7, 11) is 0. The maximum atomic E-state index is 12.9. The molecule has 0 bridgehead atoms. The van der Waals surface area contributed by atoms with Crippen molar-refractivity contribution >= 4 is 19.7 Å². The zero-order valence-electron chi connectivity index (χ0n) is 22.3. The lowest BCUT2D eigenvalue weighted by atomic mass is 9.30. The minimum atomic E-state index is -0.187. The number of hydrogen-bond donors (Lipinski definition) is 0. The molecule has 1 saturated heterocycles. The highest BCUT2D eigenvalue weighted by molar-refractivity contribution is 6.67. The fourth-order valence-electron chi connectivity index (χ4n) is 8.29. The van der Waals surface area contributed by atoms with Gasteiger partial charge in [-0.25, -0.2) is 9.69 Å². The molecule has 1 heterocycles. The summed E-state index contributed by atoms with van der Waals surface area (Å²) >= 11 is 0. The van der Waals surface area contributed by atoms with Crippen LogP contribution in [0.25, 0.3) is 0 Å². The fraction of sp³-hybridized carbons (Fsp3) is 0.897. The summed E-state index contributed by atoms with van der Waals surface area (Å²) < 4.78 is 12.6. The summed E-state index contributed by atoms with van der Waals surface area (Å²) in [6.07, 6.45) is 26.8. The first-order chi connectivity index (χ1) is 17.3. The van der Waals surface area contributed by atoms with E-state index in [-0.39, 0.29) is 13.0 Å². The molecule has 5 aliphatic rings. The highest BCUT2D eigenvalue weighted by Gasteiger charge is 2.42. The average molecular weight is 481 g/mol. The number of nitrogens with zero attached hydrogens (tertiary/aromatic N) is 1. The third-order valence-electron chi connectivity index (χ3n) is 10.2. The smallest absolute Gasteiger partial charge is 0.416 e. The van der Waals surface area contributed by atoms with Crippen LogP contribution in [0.15, 0.2) is 11.9 Å². The number of ether oxygens (including phenoxy) is 1. The van der Waals surface area contributed by atoms with E-state index in [1.165, 1.54) is 128 Å². The van der Waals surface area contributed by atoms with E-state index in [9.17, 15) is 4.79 Å². The molecular weight excluding hydrogens is 432 g/mol. The van der Waals surface area contributed by atoms with Gasteiger partial charge in [0.2, 0.25) is 0 Å². The van der Waals surface area contributed by atoms with Gasteiger partial charge in [-0.1, -0.05) is 146 Å². The third-order valence-corrected chi connectivity index (χ3v) is 10.2. The molecule has 194 valence electrons. The maximum absolute atomic E-state index is 12.9. The van der Waals surface area contributed by atoms with Crippen LogP contribution >= 0.6 is 0 Å². The lowest BCUT2D eigenvalue weighted by molar-refractivity contribution is 0.153. The van der Waals surface area contributed by atoms with Crippen LogP contribution < -0.4 is 0 Å². The van der Waals surface area contributed by atoms with Crippen molar-refractivity contribution in [3.05, 3.63) is 11.9 Å². The monoisotopic (exact) mass is 481 g/mol. The van der Waals surface area contributed by atoms with Crippen LogP contribution in [0.3, 0.4) is 0 Å². The Hall–Kier alpha value is -1.06. The van der Waals surface area contributed by atoms with Crippen molar-refractivity contribution in [3.8, 4) is 0 Å². The molecule has 4 nitrogen and oxygen atoms in total. The van der Waals surface area contributed by atoms with Gasteiger partial charge in [0.25, 0.3) is 0 Å². The largest absolute Gasteiger partial charge is 0.549 e. The van der Waals surface area contributed by atoms with Gasteiger partial charge >= 0.3 is 13.0 Å². The summed E-state index contributed by atoms with van der Waals surface area (Å²) in [5.41, 5.74) is 0. The van der Waals surface area contributed by atoms with Crippen molar-refractivity contribution in [1.82, 2.24) is 4.90 Å². The van der Waals surface area contributed by atoms with Crippen molar-refractivity contribution in [1.29, 1.82) is 0 Å². The van der Waals surface area contributed by atoms with Gasteiger partial charge in [-0.15, -0.1) is 0 Å². The van der Waals surface area contributed by atoms with E-state index in [0.29, 0.717) is 31.5 Å². The highest BCUT2D eigenvalue weighted by atomic mass is 16.6. The van der Waals surface area contributed by atoms with Gasteiger partial charge in [-0.05, 0) is 11.6 Å². The molecule has 0 atom stereocenters. The maximum Gasteiger partial charge on any atom is 0.416 e. The Bertz CT molecular complexity index is 656. The molecule has 1 amide bonds. The summed E-state index contributed by atoms with van der Waals surface area (Å²) in [4.78, 5) is 14.7. The summed E-state index contributed by atoms with van der Waals surface area (Å²) in [5.74, 6) is 6.18. The van der Waals surface area contributed by atoms with Crippen LogP contribution in [0.2, 0.25) is 23.3 Å². The molecule has 0 radical (unpaired) electrons. The predicted molar refractivity (Wildman–Crippen MR) is 146 cm³/mol. The van der Waals surface area contributed by atoms with E-state index in [0.717, 1.165) is 17.5 Å². The second-order valence-corrected chi connectivity index (χ2v) is 12.5. The van der Waals surface area contributed by atoms with Crippen LogP contribution in [0.4, 0.5) is 4.79 Å². The first-order valence-electron chi connectivity index (χ1n) is 15.6. The quantitative estimate of drug-likeness (QED) is 0.257. The van der Waals surface area contributed by atoms with Gasteiger partial charge in [0.1, 0.15) is 6.61 Å². The molecule has 5 rings (SSSR count). The molecule has 0 aromatic rings. The van der Waals surface area contributed by atoms with E-state index < -0.39 is 0 Å². The number of hydrogen-bond acceptors (Lipinski definition) is 3. The lowest BCUT2D eigenvalue weighted by Crippen LogP contribution is -2.39. The first kappa shape index (κ1) is 25.6. The number of amides is 1. The average Bonchev–Trinajstić information content (AvgIpc) is 3.36. The van der Waals surface area contributed by atoms with Crippen LogP contribution in [0.5, 0.6) is 0 Å². The normalized spacial score (nSPS) is 26.6. The summed E-state index contributed by atoms with van der Waals surface area (Å²) in [5, 5.41) is 0. The standard InChI is InChI=1S/C29H49B2NO3/c33-29-32(21-22-34-29)28(23-30(24-13-5-1-6-14-24)25-15-7-2-8-16-25)35-31(26-17-9-3-10-18-26)27-19-11-4-12-20-27/h23-27H,1-22H2/b28-23-. The molecule has 1 aliphatic heterocycles. The Balaban J connectivity index is 1.44. The van der Waals surface area contributed by atoms with Crippen molar-refractivity contribution in [2.45, 2.75) is 152 Å². The van der Waals surface area contributed by atoms with Gasteiger partial charge in [0, 0.05) is 0 Å². The second-order valence-electron chi connectivity index (χ2n) is 12.5. The number of carbonyl (C=O) groups is 1. The van der Waals surface area contributed by atoms with E-state index in [1.807, 2.05) is 4.90 Å². The molecule has 4 aliphatic carbocycles. The van der Waals surface area contributed by atoms with E-state index in [4.69, 9.17) is 9.39 Å². The summed E-state index contributed by atoms with van der Waals surface area (Å²) in [6.45, 7) is 1.97. The molecule has 6 heteroatoms. The van der Waals surface area contributed by atoms with E-state index in [1.54, 1.807) is 0 Å². The van der Waals surface area contributed by atoms with Crippen LogP contribution in [-0.4, -0.2) is 37.8 Å². The minimum Gasteiger partial charge on any atom is -0.549 e. The Morgan fingerprint density at radius 3 is 1.51 bits per heavy atom. The van der Waals surface area contributed by atoms with Crippen molar-refractivity contribution in [2.75, 3.05) is 13.2 Å². The van der Waals surface area contributed by atoms with Gasteiger partial charge in [0.05, 0.1) is 6.54 Å². The zero-order chi connectivity index (χ0) is 23.9. The van der Waals surface area contributed by atoms with Crippen LogP contribution in [-0.2, 0) is 9.39 Å². The topological polar surface area (TPSA) is 38.8 Å². The van der Waals surface area contributed by atoms with Crippen molar-refractivity contribution < 1.29 is 14.2 Å². The first-order valence-corrected chi connectivity index (χ1v) is 15.6. The van der Waals surface area contributed by atoms with Gasteiger partial charge in [-0.3, -0.25) is 0 Å². The minimum absolute atomic E-state index is 0.187. The Morgan fingerprint density at radius 1 is 0.686 bits per heavy atom. The second kappa shape index (κ2) is 13.0. The Kier molecular flexibility index (Phi) is 9.47. The van der Waals surface area contributed by atoms with Gasteiger partial charge < -0.3 is 9.39 Å². The van der Waals surface area contributed by atoms with Crippen LogP contribution in [0, 0.1) is 0 Å². The molecule has 0 aromatic heterocycles. The SMILES string of the molecule is O=C1OCCN1/C(=C/B(C1CCCCC1)C1CCCCC1)OB(C1CCCCC1)C1CCCCC1. The lowest BCUT2D eigenvalue weighted by Gasteiger charge is -2.38. The molecule has 0 spiro atoms. The molecule has 0 N–H and O–H groups in total. The van der Waals surface area contributed by atoms with Gasteiger partial charge in [0.15, 0.2) is 12.6 Å². The number of rotatable bonds is 8. The molecule has 35 heavy (non-hydrogen) atoms. The fourth-order valence-corrected chi connectivity index (χ4v) is 8.29. The van der Waals surface area contributed by atoms with E-state index in [2.05, 4.69) is 5.98 Å². The number of carbonyl (C=O) groups excluding carboxylic acids is 1. The van der Waals surface area contributed by atoms with Crippen molar-refractivity contribution in [2.24, 2.45) is 0 Å². The Morgan fingerprint density at radius 2 is 1.11 bits per heavy atom. The summed E-state index contributed by atoms with van der Waals surface area (Å²) in [6, 6.07) is 0. The molecule has 4 saturated carbocycles. The Labute approximate surface area is 215 Å². The van der Waals surface area contributed by atoms with E-state index >= 15 is 0 Å². The van der Waals surface area contributed by atoms with Crippen molar-refractivity contribution in [3.63, 3.8) is 0 Å². The molecule has 0 unspecified atom stereocenters. The highest BCUT2D eigenvalue weighted by Crippen LogP contribution is 2.45. The molecule has 0 aromatic carbocycles.